The summed E-state index contributed by atoms with van der Waals surface area (Å²) in [6.07, 6.45) is 0.709. The number of halogens is 1. The normalized spacial score (nSPS) is 18.6. The predicted molar refractivity (Wildman–Crippen MR) is 80.0 cm³/mol. The molecule has 1 amide bonds. The van der Waals surface area contributed by atoms with E-state index in [2.05, 4.69) is 21.2 Å². The van der Waals surface area contributed by atoms with Crippen LogP contribution >= 0.6 is 15.9 Å². The summed E-state index contributed by atoms with van der Waals surface area (Å²) >= 11 is 3.39. The molecular formula is C13H16BrN3O3. The molecule has 1 aliphatic heterocycles. The maximum atomic E-state index is 12.3. The van der Waals surface area contributed by atoms with Crippen LogP contribution in [-0.4, -0.2) is 30.0 Å². The van der Waals surface area contributed by atoms with Crippen molar-refractivity contribution in [2.75, 3.05) is 18.0 Å². The van der Waals surface area contributed by atoms with Crippen LogP contribution in [0, 0.1) is 17.0 Å². The van der Waals surface area contributed by atoms with Crippen LogP contribution in [0.2, 0.25) is 0 Å². The summed E-state index contributed by atoms with van der Waals surface area (Å²) in [5.74, 6) is -0.0364. The lowest BCUT2D eigenvalue weighted by atomic mass is 10.1. The van der Waals surface area contributed by atoms with E-state index in [1.54, 1.807) is 17.9 Å². The Hall–Kier alpha value is -1.47. The molecule has 1 aromatic carbocycles. The van der Waals surface area contributed by atoms with E-state index in [-0.39, 0.29) is 17.6 Å². The van der Waals surface area contributed by atoms with E-state index in [0.29, 0.717) is 28.7 Å². The molecule has 20 heavy (non-hydrogen) atoms. The fourth-order valence-corrected chi connectivity index (χ4v) is 3.08. The minimum atomic E-state index is -0.423. The van der Waals surface area contributed by atoms with Crippen molar-refractivity contribution in [2.24, 2.45) is 0 Å². The van der Waals surface area contributed by atoms with Crippen LogP contribution in [0.15, 0.2) is 16.6 Å². The molecule has 0 spiro atoms. The number of hydrogen-bond donors (Lipinski definition) is 1. The van der Waals surface area contributed by atoms with Gasteiger partial charge in [0.1, 0.15) is 0 Å². The Bertz CT molecular complexity index is 562. The van der Waals surface area contributed by atoms with E-state index < -0.39 is 4.92 Å². The summed E-state index contributed by atoms with van der Waals surface area (Å²) < 4.78 is 0.700. The highest BCUT2D eigenvalue weighted by Gasteiger charge is 2.33. The number of nitro benzene ring substituents is 1. The lowest BCUT2D eigenvalue weighted by Crippen LogP contribution is -2.38. The van der Waals surface area contributed by atoms with Crippen molar-refractivity contribution in [2.45, 2.75) is 26.3 Å². The van der Waals surface area contributed by atoms with Gasteiger partial charge >= 0.3 is 0 Å². The molecule has 0 bridgehead atoms. The molecule has 0 saturated carbocycles. The van der Waals surface area contributed by atoms with Gasteiger partial charge in [0.2, 0.25) is 5.91 Å². The Balaban J connectivity index is 2.36. The molecular weight excluding hydrogens is 326 g/mol. The zero-order valence-corrected chi connectivity index (χ0v) is 12.9. The zero-order valence-electron chi connectivity index (χ0n) is 11.4. The third kappa shape index (κ3) is 2.69. The lowest BCUT2D eigenvalue weighted by molar-refractivity contribution is -0.385. The third-order valence-corrected chi connectivity index (χ3v) is 4.04. The van der Waals surface area contributed by atoms with Crippen molar-refractivity contribution in [1.82, 2.24) is 5.32 Å². The van der Waals surface area contributed by atoms with Gasteiger partial charge in [0.15, 0.2) is 0 Å². The van der Waals surface area contributed by atoms with Crippen molar-refractivity contribution in [3.8, 4) is 0 Å². The summed E-state index contributed by atoms with van der Waals surface area (Å²) in [6.45, 7) is 4.91. The Labute approximate surface area is 125 Å². The molecule has 1 N–H and O–H groups in total. The smallest absolute Gasteiger partial charge is 0.274 e. The van der Waals surface area contributed by atoms with Gasteiger partial charge in [0.05, 0.1) is 16.7 Å². The molecule has 0 radical (unpaired) electrons. The zero-order chi connectivity index (χ0) is 14.9. The van der Waals surface area contributed by atoms with Crippen LogP contribution in [-0.2, 0) is 4.79 Å². The first-order valence-corrected chi connectivity index (χ1v) is 7.24. The van der Waals surface area contributed by atoms with Crippen molar-refractivity contribution < 1.29 is 9.72 Å². The molecule has 1 aliphatic rings. The van der Waals surface area contributed by atoms with E-state index in [0.717, 1.165) is 6.54 Å². The highest BCUT2D eigenvalue weighted by atomic mass is 79.9. The molecule has 1 aromatic rings. The molecule has 1 saturated heterocycles. The number of nitrogens with one attached hydrogen (secondary N) is 1. The predicted octanol–water partition coefficient (Wildman–Crippen LogP) is 2.38. The fourth-order valence-electron chi connectivity index (χ4n) is 2.41. The largest absolute Gasteiger partial charge is 0.310 e. The van der Waals surface area contributed by atoms with Gasteiger partial charge in [-0.15, -0.1) is 0 Å². The summed E-state index contributed by atoms with van der Waals surface area (Å²) in [5.41, 5.74) is 1.16. The number of amides is 1. The van der Waals surface area contributed by atoms with E-state index >= 15 is 0 Å². The van der Waals surface area contributed by atoms with Gasteiger partial charge in [-0.2, -0.15) is 0 Å². The summed E-state index contributed by atoms with van der Waals surface area (Å²) in [5, 5.41) is 14.1. The first-order valence-electron chi connectivity index (χ1n) is 6.45. The molecule has 7 heteroatoms. The number of hydrogen-bond acceptors (Lipinski definition) is 4. The minimum absolute atomic E-state index is 0.0305. The number of likely N-dealkylation sites (N-methyl/N-ethyl adjacent to an activating group) is 1. The van der Waals surface area contributed by atoms with Gasteiger partial charge in [-0.3, -0.25) is 14.9 Å². The standard InChI is InChI=1S/C13H16BrN3O3/c1-3-15-10-4-5-16(13(10)18)12-7-11(17(19)20)8(2)6-9(12)14/h6-7,10,15H,3-5H2,1-2H3. The number of anilines is 1. The van der Waals surface area contributed by atoms with Crippen LogP contribution in [0.3, 0.4) is 0 Å². The summed E-state index contributed by atoms with van der Waals surface area (Å²) in [4.78, 5) is 24.5. The molecule has 108 valence electrons. The number of nitro groups is 1. The van der Waals surface area contributed by atoms with Gasteiger partial charge in [0, 0.05) is 22.6 Å². The molecule has 0 aromatic heterocycles. The second-order valence-electron chi connectivity index (χ2n) is 4.74. The maximum absolute atomic E-state index is 12.3. The van der Waals surface area contributed by atoms with E-state index in [1.165, 1.54) is 6.07 Å². The highest BCUT2D eigenvalue weighted by molar-refractivity contribution is 9.10. The van der Waals surface area contributed by atoms with Crippen LogP contribution in [0.5, 0.6) is 0 Å². The Morgan fingerprint density at radius 2 is 2.25 bits per heavy atom. The molecule has 2 rings (SSSR count). The van der Waals surface area contributed by atoms with E-state index in [4.69, 9.17) is 0 Å². The van der Waals surface area contributed by atoms with Crippen LogP contribution in [0.1, 0.15) is 18.9 Å². The van der Waals surface area contributed by atoms with Gasteiger partial charge in [-0.1, -0.05) is 6.92 Å². The average molecular weight is 342 g/mol. The van der Waals surface area contributed by atoms with Crippen molar-refractivity contribution in [3.63, 3.8) is 0 Å². The average Bonchev–Trinajstić information content (AvgIpc) is 2.72. The minimum Gasteiger partial charge on any atom is -0.310 e. The first kappa shape index (κ1) is 14.9. The number of benzene rings is 1. The van der Waals surface area contributed by atoms with E-state index in [9.17, 15) is 14.9 Å². The molecule has 0 aliphatic carbocycles. The number of rotatable bonds is 4. The molecule has 1 fully saturated rings. The number of carbonyl (C=O) groups excluding carboxylic acids is 1. The second-order valence-corrected chi connectivity index (χ2v) is 5.59. The van der Waals surface area contributed by atoms with Crippen molar-refractivity contribution in [1.29, 1.82) is 0 Å². The van der Waals surface area contributed by atoms with Gasteiger partial charge in [0.25, 0.3) is 5.69 Å². The van der Waals surface area contributed by atoms with Gasteiger partial charge in [-0.25, -0.2) is 0 Å². The fraction of sp³-hybridized carbons (Fsp3) is 0.462. The third-order valence-electron chi connectivity index (χ3n) is 3.41. The lowest BCUT2D eigenvalue weighted by Gasteiger charge is -2.19. The molecule has 1 heterocycles. The Morgan fingerprint density at radius 1 is 1.55 bits per heavy atom. The quantitative estimate of drug-likeness (QED) is 0.673. The molecule has 1 atom stereocenters. The molecule has 1 unspecified atom stereocenters. The Kier molecular flexibility index (Phi) is 4.39. The van der Waals surface area contributed by atoms with Crippen LogP contribution in [0.25, 0.3) is 0 Å². The van der Waals surface area contributed by atoms with Gasteiger partial charge in [-0.05, 0) is 41.9 Å². The van der Waals surface area contributed by atoms with Crippen LogP contribution in [0.4, 0.5) is 11.4 Å². The first-order chi connectivity index (χ1) is 9.45. The highest BCUT2D eigenvalue weighted by Crippen LogP contribution is 2.35. The summed E-state index contributed by atoms with van der Waals surface area (Å²) in [7, 11) is 0. The van der Waals surface area contributed by atoms with Crippen molar-refractivity contribution in [3.05, 3.63) is 32.3 Å². The molecule has 6 nitrogen and oxygen atoms in total. The number of nitrogens with zero attached hydrogens (tertiary/aromatic N) is 2. The van der Waals surface area contributed by atoms with E-state index in [1.807, 2.05) is 6.92 Å². The van der Waals surface area contributed by atoms with Crippen molar-refractivity contribution >= 4 is 33.2 Å². The monoisotopic (exact) mass is 341 g/mol. The topological polar surface area (TPSA) is 75.5 Å². The number of aryl methyl sites for hydroxylation is 1. The second kappa shape index (κ2) is 5.88. The van der Waals surface area contributed by atoms with Gasteiger partial charge < -0.3 is 10.2 Å². The number of carbonyl (C=O) groups is 1. The SMILES string of the molecule is CCNC1CCN(c2cc([N+](=O)[O-])c(C)cc2Br)C1=O. The summed E-state index contributed by atoms with van der Waals surface area (Å²) in [6, 6.07) is 2.94. The maximum Gasteiger partial charge on any atom is 0.274 e. The Morgan fingerprint density at radius 3 is 2.85 bits per heavy atom. The van der Waals surface area contributed by atoms with Crippen LogP contribution < -0.4 is 10.2 Å².